The Morgan fingerprint density at radius 2 is 1.91 bits per heavy atom. The summed E-state index contributed by atoms with van der Waals surface area (Å²) in [4.78, 5) is 30.5. The Morgan fingerprint density at radius 1 is 1.18 bits per heavy atom. The number of nitrogens with one attached hydrogen (secondary N) is 1. The van der Waals surface area contributed by atoms with Crippen LogP contribution < -0.4 is 10.2 Å². The molecular formula is C27H36ClN3O3. The number of aryl methyl sites for hydroxylation is 1. The molecule has 6 nitrogen and oxygen atoms in total. The van der Waals surface area contributed by atoms with Gasteiger partial charge in [-0.2, -0.15) is 0 Å². The van der Waals surface area contributed by atoms with Crippen LogP contribution in [-0.4, -0.2) is 54.6 Å². The largest absolute Gasteiger partial charge is 0.459 e. The number of hydrogen-bond donors (Lipinski definition) is 1. The number of likely N-dealkylation sites (N-methyl/N-ethyl adjacent to an activating group) is 1. The number of carbonyl (C=O) groups excluding carboxylic acids is 2. The molecule has 1 unspecified atom stereocenters. The van der Waals surface area contributed by atoms with Gasteiger partial charge in [-0.25, -0.2) is 0 Å². The summed E-state index contributed by atoms with van der Waals surface area (Å²) in [5.74, 6) is -0.430. The van der Waals surface area contributed by atoms with Crippen LogP contribution in [-0.2, 0) is 20.9 Å². The molecule has 0 saturated carbocycles. The van der Waals surface area contributed by atoms with E-state index in [1.165, 1.54) is 0 Å². The van der Waals surface area contributed by atoms with Crippen molar-refractivity contribution >= 4 is 29.2 Å². The Balaban J connectivity index is 1.93. The predicted molar refractivity (Wildman–Crippen MR) is 137 cm³/mol. The molecule has 0 radical (unpaired) electrons. The van der Waals surface area contributed by atoms with Crippen molar-refractivity contribution in [2.75, 3.05) is 25.0 Å². The lowest BCUT2D eigenvalue weighted by atomic mass is 10.0. The molecule has 1 amide bonds. The number of benzene rings is 2. The number of ether oxygens (including phenoxy) is 1. The van der Waals surface area contributed by atoms with E-state index in [4.69, 9.17) is 16.3 Å². The second-order valence-electron chi connectivity index (χ2n) is 9.95. The van der Waals surface area contributed by atoms with E-state index in [1.807, 2.05) is 69.0 Å². The molecule has 2 atom stereocenters. The number of anilines is 1. The van der Waals surface area contributed by atoms with Crippen LogP contribution in [0.3, 0.4) is 0 Å². The molecule has 1 heterocycles. The summed E-state index contributed by atoms with van der Waals surface area (Å²) in [6, 6.07) is 14.6. The van der Waals surface area contributed by atoms with E-state index in [2.05, 4.69) is 5.32 Å². The standard InChI is InChI=1S/C27H36ClN3O3/c1-19-10-6-7-11-20(19)17-31(18-24(32)30(5)22-13-8-12-21(28)16-22)25(23-14-9-15-29-23)26(33)34-27(2,3)4/h6-8,10-13,16,23,25,29H,9,14-15,17-18H2,1-5H3/t23-,25?/m0/s1. The fourth-order valence-electron chi connectivity index (χ4n) is 4.28. The molecule has 184 valence electrons. The highest BCUT2D eigenvalue weighted by atomic mass is 35.5. The van der Waals surface area contributed by atoms with E-state index in [-0.39, 0.29) is 24.5 Å². The molecule has 34 heavy (non-hydrogen) atoms. The average Bonchev–Trinajstić information content (AvgIpc) is 3.27. The minimum Gasteiger partial charge on any atom is -0.459 e. The highest BCUT2D eigenvalue weighted by Crippen LogP contribution is 2.24. The number of esters is 1. The normalized spacial score (nSPS) is 17.0. The first-order chi connectivity index (χ1) is 16.0. The number of nitrogens with zero attached hydrogens (tertiary/aromatic N) is 2. The van der Waals surface area contributed by atoms with Crippen molar-refractivity contribution in [1.82, 2.24) is 10.2 Å². The molecule has 0 bridgehead atoms. The van der Waals surface area contributed by atoms with Gasteiger partial charge in [-0.1, -0.05) is 41.9 Å². The van der Waals surface area contributed by atoms with E-state index >= 15 is 0 Å². The van der Waals surface area contributed by atoms with Crippen LogP contribution in [0.2, 0.25) is 5.02 Å². The van der Waals surface area contributed by atoms with E-state index in [9.17, 15) is 9.59 Å². The summed E-state index contributed by atoms with van der Waals surface area (Å²) in [6.07, 6.45) is 1.84. The van der Waals surface area contributed by atoms with Gasteiger partial charge in [0.15, 0.2) is 0 Å². The molecule has 2 aromatic rings. The molecule has 2 aromatic carbocycles. The van der Waals surface area contributed by atoms with Gasteiger partial charge < -0.3 is 15.0 Å². The molecule has 1 aliphatic heterocycles. The van der Waals surface area contributed by atoms with Crippen molar-refractivity contribution < 1.29 is 14.3 Å². The highest BCUT2D eigenvalue weighted by Gasteiger charge is 2.39. The number of hydrogen-bond acceptors (Lipinski definition) is 5. The molecule has 1 N–H and O–H groups in total. The maximum atomic E-state index is 13.5. The summed E-state index contributed by atoms with van der Waals surface area (Å²) in [7, 11) is 1.73. The van der Waals surface area contributed by atoms with Gasteiger partial charge in [0.1, 0.15) is 11.6 Å². The molecule has 0 aliphatic carbocycles. The zero-order chi connectivity index (χ0) is 24.9. The molecule has 1 aliphatic rings. The van der Waals surface area contributed by atoms with Crippen molar-refractivity contribution in [3.8, 4) is 0 Å². The van der Waals surface area contributed by atoms with E-state index in [0.717, 1.165) is 30.5 Å². The lowest BCUT2D eigenvalue weighted by Crippen LogP contribution is -2.56. The summed E-state index contributed by atoms with van der Waals surface area (Å²) in [6.45, 7) is 9.03. The van der Waals surface area contributed by atoms with Gasteiger partial charge in [0.25, 0.3) is 0 Å². The van der Waals surface area contributed by atoms with Crippen molar-refractivity contribution in [2.45, 2.75) is 64.8 Å². The van der Waals surface area contributed by atoms with Crippen LogP contribution in [0.25, 0.3) is 0 Å². The zero-order valence-corrected chi connectivity index (χ0v) is 21.6. The molecule has 7 heteroatoms. The average molecular weight is 486 g/mol. The molecule has 0 aromatic heterocycles. The van der Waals surface area contributed by atoms with Gasteiger partial charge in [-0.15, -0.1) is 0 Å². The van der Waals surface area contributed by atoms with Crippen molar-refractivity contribution in [3.05, 3.63) is 64.7 Å². The lowest BCUT2D eigenvalue weighted by molar-refractivity contribution is -0.163. The van der Waals surface area contributed by atoms with Gasteiger partial charge in [-0.05, 0) is 76.4 Å². The van der Waals surface area contributed by atoms with Gasteiger partial charge in [0.05, 0.1) is 6.54 Å². The second kappa shape index (κ2) is 11.3. The minimum absolute atomic E-state index is 0.0689. The zero-order valence-electron chi connectivity index (χ0n) is 20.8. The number of rotatable bonds is 8. The van der Waals surface area contributed by atoms with Crippen LogP contribution in [0.1, 0.15) is 44.7 Å². The fourth-order valence-corrected chi connectivity index (χ4v) is 4.46. The topological polar surface area (TPSA) is 61.9 Å². The molecular weight excluding hydrogens is 450 g/mol. The van der Waals surface area contributed by atoms with Gasteiger partial charge in [0.2, 0.25) is 5.91 Å². The lowest BCUT2D eigenvalue weighted by Gasteiger charge is -2.36. The van der Waals surface area contributed by atoms with E-state index < -0.39 is 11.6 Å². The number of carbonyl (C=O) groups is 2. The van der Waals surface area contributed by atoms with Gasteiger partial charge >= 0.3 is 5.97 Å². The fraction of sp³-hybridized carbons (Fsp3) is 0.481. The third-order valence-electron chi connectivity index (χ3n) is 6.06. The third-order valence-corrected chi connectivity index (χ3v) is 6.30. The first-order valence-corrected chi connectivity index (χ1v) is 12.2. The Morgan fingerprint density at radius 3 is 2.53 bits per heavy atom. The first-order valence-electron chi connectivity index (χ1n) is 11.8. The minimum atomic E-state index is -0.621. The maximum Gasteiger partial charge on any atom is 0.325 e. The van der Waals surface area contributed by atoms with Gasteiger partial charge in [0, 0.05) is 30.3 Å². The Bertz CT molecular complexity index is 999. The molecule has 1 saturated heterocycles. The monoisotopic (exact) mass is 485 g/mol. The first kappa shape index (κ1) is 26.2. The van der Waals surface area contributed by atoms with E-state index in [1.54, 1.807) is 24.1 Å². The summed E-state index contributed by atoms with van der Waals surface area (Å²) in [5.41, 5.74) is 2.28. The quantitative estimate of drug-likeness (QED) is 0.555. The Hall–Kier alpha value is -2.41. The smallest absolute Gasteiger partial charge is 0.325 e. The summed E-state index contributed by atoms with van der Waals surface area (Å²) < 4.78 is 5.84. The number of halogens is 1. The van der Waals surface area contributed by atoms with Gasteiger partial charge in [-0.3, -0.25) is 14.5 Å². The summed E-state index contributed by atoms with van der Waals surface area (Å²) in [5, 5.41) is 4.03. The second-order valence-corrected chi connectivity index (χ2v) is 10.4. The van der Waals surface area contributed by atoms with Crippen molar-refractivity contribution in [3.63, 3.8) is 0 Å². The third kappa shape index (κ3) is 7.05. The summed E-state index contributed by atoms with van der Waals surface area (Å²) >= 11 is 6.15. The van der Waals surface area contributed by atoms with Crippen LogP contribution in [0.5, 0.6) is 0 Å². The Labute approximate surface area is 208 Å². The molecule has 1 fully saturated rings. The molecule has 0 spiro atoms. The SMILES string of the molecule is Cc1ccccc1CN(CC(=O)N(C)c1cccc(Cl)c1)C(C(=O)OC(C)(C)C)[C@@H]1CCCN1. The maximum absolute atomic E-state index is 13.5. The van der Waals surface area contributed by atoms with Crippen LogP contribution >= 0.6 is 11.6 Å². The van der Waals surface area contributed by atoms with Crippen molar-refractivity contribution in [2.24, 2.45) is 0 Å². The van der Waals surface area contributed by atoms with Crippen LogP contribution in [0, 0.1) is 6.92 Å². The van der Waals surface area contributed by atoms with Crippen LogP contribution in [0.4, 0.5) is 5.69 Å². The van der Waals surface area contributed by atoms with Crippen molar-refractivity contribution in [1.29, 1.82) is 0 Å². The Kier molecular flexibility index (Phi) is 8.74. The predicted octanol–water partition coefficient (Wildman–Crippen LogP) is 4.58. The van der Waals surface area contributed by atoms with Crippen LogP contribution in [0.15, 0.2) is 48.5 Å². The molecule has 3 rings (SSSR count). The number of amides is 1. The highest BCUT2D eigenvalue weighted by molar-refractivity contribution is 6.30. The van der Waals surface area contributed by atoms with E-state index in [0.29, 0.717) is 17.3 Å².